The Morgan fingerprint density at radius 2 is 1.65 bits per heavy atom. The minimum absolute atomic E-state index is 0. The highest BCUT2D eigenvalue weighted by Gasteiger charge is 2.15. The lowest BCUT2D eigenvalue weighted by molar-refractivity contribution is -0.861. The normalized spacial score (nSPS) is 10.6. The molecule has 0 aromatic heterocycles. The molecule has 1 amide bonds. The minimum Gasteiger partial charge on any atom is -1.00 e. The zero-order valence-electron chi connectivity index (χ0n) is 11.2. The monoisotopic (exact) mass is 256 g/mol. The van der Waals surface area contributed by atoms with Crippen molar-refractivity contribution in [3.63, 3.8) is 0 Å². The molecule has 96 valence electrons. The van der Waals surface area contributed by atoms with Gasteiger partial charge in [-0.15, -0.1) is 0 Å². The summed E-state index contributed by atoms with van der Waals surface area (Å²) in [5.74, 6) is 0.0601. The van der Waals surface area contributed by atoms with Gasteiger partial charge in [0.05, 0.1) is 21.1 Å². The van der Waals surface area contributed by atoms with Crippen molar-refractivity contribution < 1.29 is 21.7 Å². The van der Waals surface area contributed by atoms with Gasteiger partial charge in [-0.3, -0.25) is 4.79 Å². The van der Waals surface area contributed by atoms with Crippen LogP contribution in [0, 0.1) is 13.8 Å². The SMILES string of the molecule is Cc1cccc(C)c1NC(=O)C[N+](C)(C)C.[Cl-]. The van der Waals surface area contributed by atoms with Crippen molar-refractivity contribution in [3.8, 4) is 0 Å². The highest BCUT2D eigenvalue weighted by atomic mass is 35.5. The fraction of sp³-hybridized carbons (Fsp3) is 0.462. The van der Waals surface area contributed by atoms with Crippen molar-refractivity contribution in [2.75, 3.05) is 33.0 Å². The third-order valence-corrected chi connectivity index (χ3v) is 2.36. The number of halogens is 1. The summed E-state index contributed by atoms with van der Waals surface area (Å²) in [7, 11) is 6.01. The van der Waals surface area contributed by atoms with Crippen molar-refractivity contribution in [1.29, 1.82) is 0 Å². The molecular formula is C13H21ClN2O. The van der Waals surface area contributed by atoms with Crippen molar-refractivity contribution in [3.05, 3.63) is 29.3 Å². The molecule has 0 heterocycles. The van der Waals surface area contributed by atoms with Crippen molar-refractivity contribution in [1.82, 2.24) is 0 Å². The van der Waals surface area contributed by atoms with E-state index in [-0.39, 0.29) is 18.3 Å². The van der Waals surface area contributed by atoms with Crippen LogP contribution < -0.4 is 17.7 Å². The first kappa shape index (κ1) is 15.9. The number of likely N-dealkylation sites (N-methyl/N-ethyl adjacent to an activating group) is 1. The van der Waals surface area contributed by atoms with E-state index in [4.69, 9.17) is 0 Å². The molecule has 0 saturated carbocycles. The number of anilines is 1. The molecule has 0 saturated heterocycles. The molecule has 0 atom stereocenters. The zero-order chi connectivity index (χ0) is 12.3. The summed E-state index contributed by atoms with van der Waals surface area (Å²) in [6.07, 6.45) is 0. The van der Waals surface area contributed by atoms with Gasteiger partial charge in [-0.1, -0.05) is 18.2 Å². The number of para-hydroxylation sites is 1. The van der Waals surface area contributed by atoms with Gasteiger partial charge in [0.15, 0.2) is 6.54 Å². The van der Waals surface area contributed by atoms with Crippen molar-refractivity contribution in [2.24, 2.45) is 0 Å². The highest BCUT2D eigenvalue weighted by Crippen LogP contribution is 2.19. The van der Waals surface area contributed by atoms with Crippen LogP contribution in [-0.4, -0.2) is 38.1 Å². The number of hydrogen-bond donors (Lipinski definition) is 1. The average molecular weight is 257 g/mol. The first-order chi connectivity index (χ1) is 7.29. The van der Waals surface area contributed by atoms with E-state index >= 15 is 0 Å². The number of nitrogens with one attached hydrogen (secondary N) is 1. The van der Waals surface area contributed by atoms with Gasteiger partial charge in [-0.05, 0) is 25.0 Å². The van der Waals surface area contributed by atoms with Crippen molar-refractivity contribution in [2.45, 2.75) is 13.8 Å². The Hall–Kier alpha value is -1.06. The van der Waals surface area contributed by atoms with Crippen LogP contribution in [-0.2, 0) is 4.79 Å². The third-order valence-electron chi connectivity index (χ3n) is 2.36. The molecule has 0 aliphatic carbocycles. The van der Waals surface area contributed by atoms with Crippen LogP contribution in [0.4, 0.5) is 5.69 Å². The maximum Gasteiger partial charge on any atom is 0.279 e. The van der Waals surface area contributed by atoms with E-state index in [2.05, 4.69) is 5.32 Å². The average Bonchev–Trinajstić information content (AvgIpc) is 2.08. The number of amides is 1. The summed E-state index contributed by atoms with van der Waals surface area (Å²) in [6, 6.07) is 6.02. The number of hydrogen-bond acceptors (Lipinski definition) is 1. The van der Waals surface area contributed by atoms with Gasteiger partial charge >= 0.3 is 0 Å². The van der Waals surface area contributed by atoms with E-state index < -0.39 is 0 Å². The second-order valence-electron chi connectivity index (χ2n) is 5.26. The van der Waals surface area contributed by atoms with Crippen LogP contribution in [0.1, 0.15) is 11.1 Å². The van der Waals surface area contributed by atoms with Gasteiger partial charge < -0.3 is 22.2 Å². The summed E-state index contributed by atoms with van der Waals surface area (Å²) in [4.78, 5) is 11.8. The van der Waals surface area contributed by atoms with Gasteiger partial charge in [0.1, 0.15) is 0 Å². The Balaban J connectivity index is 0.00000256. The Bertz CT molecular complexity index is 377. The van der Waals surface area contributed by atoms with Crippen LogP contribution in [0.5, 0.6) is 0 Å². The Morgan fingerprint density at radius 3 is 2.06 bits per heavy atom. The summed E-state index contributed by atoms with van der Waals surface area (Å²) < 4.78 is 0.636. The minimum atomic E-state index is 0. The van der Waals surface area contributed by atoms with Crippen LogP contribution in [0.2, 0.25) is 0 Å². The van der Waals surface area contributed by atoms with E-state index in [0.29, 0.717) is 11.0 Å². The van der Waals surface area contributed by atoms with E-state index in [1.165, 1.54) is 0 Å². The van der Waals surface area contributed by atoms with Gasteiger partial charge in [0.25, 0.3) is 5.91 Å². The van der Waals surface area contributed by atoms with Gasteiger partial charge in [0.2, 0.25) is 0 Å². The number of carbonyl (C=O) groups is 1. The quantitative estimate of drug-likeness (QED) is 0.688. The molecule has 1 aromatic carbocycles. The largest absolute Gasteiger partial charge is 1.00 e. The fourth-order valence-electron chi connectivity index (χ4n) is 1.62. The molecule has 1 aromatic rings. The molecule has 4 heteroatoms. The molecule has 0 fully saturated rings. The lowest BCUT2D eigenvalue weighted by Crippen LogP contribution is -3.00. The van der Waals surface area contributed by atoms with Crippen LogP contribution in [0.3, 0.4) is 0 Å². The predicted molar refractivity (Wildman–Crippen MR) is 67.4 cm³/mol. The van der Waals surface area contributed by atoms with Crippen LogP contribution >= 0.6 is 0 Å². The van der Waals surface area contributed by atoms with E-state index in [0.717, 1.165) is 16.8 Å². The second kappa shape index (κ2) is 6.03. The van der Waals surface area contributed by atoms with E-state index in [1.54, 1.807) is 0 Å². The lowest BCUT2D eigenvalue weighted by atomic mass is 10.1. The third kappa shape index (κ3) is 5.20. The fourth-order valence-corrected chi connectivity index (χ4v) is 1.62. The Morgan fingerprint density at radius 1 is 1.18 bits per heavy atom. The van der Waals surface area contributed by atoms with Crippen LogP contribution in [0.25, 0.3) is 0 Å². The maximum atomic E-state index is 11.8. The zero-order valence-corrected chi connectivity index (χ0v) is 11.9. The number of quaternary nitrogens is 1. The van der Waals surface area contributed by atoms with Gasteiger partial charge in [-0.25, -0.2) is 0 Å². The summed E-state index contributed by atoms with van der Waals surface area (Å²) in [5.41, 5.74) is 3.16. The van der Waals surface area contributed by atoms with E-state index in [9.17, 15) is 4.79 Å². The smallest absolute Gasteiger partial charge is 0.279 e. The first-order valence-corrected chi connectivity index (χ1v) is 5.46. The predicted octanol–water partition coefficient (Wildman–Crippen LogP) is -1.05. The molecular weight excluding hydrogens is 236 g/mol. The molecule has 1 rings (SSSR count). The number of rotatable bonds is 3. The second-order valence-corrected chi connectivity index (χ2v) is 5.26. The number of benzene rings is 1. The molecule has 0 unspecified atom stereocenters. The molecule has 0 aliphatic rings. The Labute approximate surface area is 110 Å². The van der Waals surface area contributed by atoms with Gasteiger partial charge in [-0.2, -0.15) is 0 Å². The summed E-state index contributed by atoms with van der Waals surface area (Å²) in [6.45, 7) is 4.50. The van der Waals surface area contributed by atoms with Crippen LogP contribution in [0.15, 0.2) is 18.2 Å². The molecule has 17 heavy (non-hydrogen) atoms. The molecule has 0 spiro atoms. The standard InChI is InChI=1S/C13H20N2O.ClH/c1-10-7-6-8-11(2)13(10)14-12(16)9-15(3,4)5;/h6-8H,9H2,1-5H3;1H. The molecule has 0 bridgehead atoms. The van der Waals surface area contributed by atoms with Gasteiger partial charge in [0, 0.05) is 5.69 Å². The first-order valence-electron chi connectivity index (χ1n) is 5.46. The molecule has 3 nitrogen and oxygen atoms in total. The molecule has 0 aliphatic heterocycles. The maximum absolute atomic E-state index is 11.8. The summed E-state index contributed by atoms with van der Waals surface area (Å²) in [5, 5.41) is 2.98. The van der Waals surface area contributed by atoms with Crippen molar-refractivity contribution >= 4 is 11.6 Å². The molecule has 0 radical (unpaired) electrons. The number of aryl methyl sites for hydroxylation is 2. The lowest BCUT2D eigenvalue weighted by Gasteiger charge is -2.23. The number of carbonyl (C=O) groups excluding carboxylic acids is 1. The number of nitrogens with zero attached hydrogens (tertiary/aromatic N) is 1. The Kier molecular flexibility index (Phi) is 5.66. The topological polar surface area (TPSA) is 29.1 Å². The molecule has 1 N–H and O–H groups in total. The summed E-state index contributed by atoms with van der Waals surface area (Å²) >= 11 is 0. The highest BCUT2D eigenvalue weighted by molar-refractivity contribution is 5.93. The van der Waals surface area contributed by atoms with E-state index in [1.807, 2.05) is 53.2 Å².